The fraction of sp³-hybridized carbons (Fsp3) is 0.267. The van der Waals surface area contributed by atoms with Gasteiger partial charge in [0.2, 0.25) is 5.91 Å². The highest BCUT2D eigenvalue weighted by Crippen LogP contribution is 2.46. The summed E-state index contributed by atoms with van der Waals surface area (Å²) < 4.78 is 0.942. The number of carbonyl (C=O) groups is 1. The molecule has 1 saturated heterocycles. The van der Waals surface area contributed by atoms with Gasteiger partial charge in [-0.2, -0.15) is 0 Å². The first-order chi connectivity index (χ1) is 10.9. The van der Waals surface area contributed by atoms with E-state index in [1.54, 1.807) is 4.90 Å². The molecule has 2 aromatic rings. The first-order valence-corrected chi connectivity index (χ1v) is 9.36. The van der Waals surface area contributed by atoms with Crippen molar-refractivity contribution < 1.29 is 4.79 Å². The van der Waals surface area contributed by atoms with Gasteiger partial charge in [-0.25, -0.2) is 4.98 Å². The summed E-state index contributed by atoms with van der Waals surface area (Å²) in [6.45, 7) is 3.87. The highest BCUT2D eigenvalue weighted by molar-refractivity contribution is 9.10. The molecule has 1 unspecified atom stereocenters. The van der Waals surface area contributed by atoms with Gasteiger partial charge in [0.1, 0.15) is 11.2 Å². The van der Waals surface area contributed by atoms with Gasteiger partial charge in [0.05, 0.1) is 21.5 Å². The lowest BCUT2D eigenvalue weighted by Crippen LogP contribution is -2.29. The SMILES string of the molecule is Cc1cc(N2C(=O)CSC2c2c(Cl)cncc2Cl)nc(C)c1Br. The van der Waals surface area contributed by atoms with E-state index in [1.165, 1.54) is 24.2 Å². The molecule has 3 rings (SSSR count). The molecule has 1 amide bonds. The van der Waals surface area contributed by atoms with Crippen LogP contribution in [0, 0.1) is 13.8 Å². The molecule has 1 fully saturated rings. The van der Waals surface area contributed by atoms with Crippen molar-refractivity contribution in [3.05, 3.63) is 49.8 Å². The highest BCUT2D eigenvalue weighted by Gasteiger charge is 2.37. The van der Waals surface area contributed by atoms with Gasteiger partial charge >= 0.3 is 0 Å². The molecule has 120 valence electrons. The fourth-order valence-corrected chi connectivity index (χ4v) is 4.60. The average molecular weight is 433 g/mol. The van der Waals surface area contributed by atoms with Crippen LogP contribution in [0.4, 0.5) is 5.82 Å². The first kappa shape index (κ1) is 17.0. The van der Waals surface area contributed by atoms with Gasteiger partial charge in [-0.15, -0.1) is 11.8 Å². The van der Waals surface area contributed by atoms with Crippen molar-refractivity contribution in [1.29, 1.82) is 0 Å². The number of pyridine rings is 2. The lowest BCUT2D eigenvalue weighted by Gasteiger charge is -2.25. The van der Waals surface area contributed by atoms with Crippen LogP contribution in [0.5, 0.6) is 0 Å². The van der Waals surface area contributed by atoms with Crippen LogP contribution in [0.25, 0.3) is 0 Å². The molecule has 0 saturated carbocycles. The number of halogens is 3. The third-order valence-electron chi connectivity index (χ3n) is 3.54. The van der Waals surface area contributed by atoms with Crippen LogP contribution in [0.2, 0.25) is 10.0 Å². The van der Waals surface area contributed by atoms with Crippen molar-refractivity contribution in [2.45, 2.75) is 19.2 Å². The number of nitrogens with zero attached hydrogens (tertiary/aromatic N) is 3. The third-order valence-corrected chi connectivity index (χ3v) is 6.52. The van der Waals surface area contributed by atoms with Gasteiger partial charge in [-0.3, -0.25) is 14.7 Å². The summed E-state index contributed by atoms with van der Waals surface area (Å²) in [5, 5.41) is 0.582. The maximum Gasteiger partial charge on any atom is 0.239 e. The van der Waals surface area contributed by atoms with E-state index in [-0.39, 0.29) is 11.3 Å². The van der Waals surface area contributed by atoms with Crippen LogP contribution in [0.15, 0.2) is 22.9 Å². The molecule has 0 bridgehead atoms. The van der Waals surface area contributed by atoms with Crippen LogP contribution in [0.1, 0.15) is 22.2 Å². The van der Waals surface area contributed by atoms with Gasteiger partial charge in [-0.05, 0) is 41.4 Å². The van der Waals surface area contributed by atoms with Gasteiger partial charge in [0.25, 0.3) is 0 Å². The lowest BCUT2D eigenvalue weighted by molar-refractivity contribution is -0.115. The minimum absolute atomic E-state index is 0.0161. The second-order valence-electron chi connectivity index (χ2n) is 5.14. The maximum absolute atomic E-state index is 12.4. The number of aryl methyl sites for hydroxylation is 2. The summed E-state index contributed by atoms with van der Waals surface area (Å²) in [4.78, 5) is 22.6. The van der Waals surface area contributed by atoms with Crippen molar-refractivity contribution in [2.24, 2.45) is 0 Å². The normalized spacial score (nSPS) is 17.9. The van der Waals surface area contributed by atoms with Gasteiger partial charge in [0, 0.05) is 22.4 Å². The number of anilines is 1. The zero-order chi connectivity index (χ0) is 16.7. The van der Waals surface area contributed by atoms with Gasteiger partial charge < -0.3 is 0 Å². The number of amides is 1. The van der Waals surface area contributed by atoms with E-state index in [9.17, 15) is 4.79 Å². The minimum Gasteiger partial charge on any atom is -0.279 e. The molecular formula is C15H12BrCl2N3OS. The molecule has 0 radical (unpaired) electrons. The van der Waals surface area contributed by atoms with E-state index < -0.39 is 0 Å². The summed E-state index contributed by atoms with van der Waals surface area (Å²) in [6.07, 6.45) is 3.08. The van der Waals surface area contributed by atoms with E-state index >= 15 is 0 Å². The summed E-state index contributed by atoms with van der Waals surface area (Å²) in [5.41, 5.74) is 2.54. The molecule has 23 heavy (non-hydrogen) atoms. The van der Waals surface area contributed by atoms with E-state index in [2.05, 4.69) is 25.9 Å². The molecule has 1 aliphatic rings. The molecule has 2 aromatic heterocycles. The van der Waals surface area contributed by atoms with Crippen molar-refractivity contribution >= 4 is 62.6 Å². The second kappa shape index (κ2) is 6.59. The fourth-order valence-electron chi connectivity index (χ4n) is 2.46. The predicted molar refractivity (Wildman–Crippen MR) is 98.4 cm³/mol. The van der Waals surface area contributed by atoms with E-state index in [0.717, 1.165) is 15.7 Å². The van der Waals surface area contributed by atoms with E-state index in [1.807, 2.05) is 19.9 Å². The summed E-state index contributed by atoms with van der Waals surface area (Å²) >= 11 is 17.5. The highest BCUT2D eigenvalue weighted by atomic mass is 79.9. The Bertz CT molecular complexity index is 759. The zero-order valence-electron chi connectivity index (χ0n) is 12.3. The largest absolute Gasteiger partial charge is 0.279 e. The molecule has 1 aliphatic heterocycles. The van der Waals surface area contributed by atoms with Crippen LogP contribution >= 0.6 is 50.9 Å². The van der Waals surface area contributed by atoms with Crippen LogP contribution in [0.3, 0.4) is 0 Å². The van der Waals surface area contributed by atoms with Crippen LogP contribution in [-0.4, -0.2) is 21.6 Å². The van der Waals surface area contributed by atoms with Gasteiger partial charge in [-0.1, -0.05) is 23.2 Å². The number of thioether (sulfide) groups is 1. The lowest BCUT2D eigenvalue weighted by atomic mass is 10.2. The Morgan fingerprint density at radius 1 is 1.30 bits per heavy atom. The van der Waals surface area contributed by atoms with Crippen molar-refractivity contribution in [2.75, 3.05) is 10.7 Å². The predicted octanol–water partition coefficient (Wildman–Crippen LogP) is 4.94. The molecule has 4 nitrogen and oxygen atoms in total. The number of aromatic nitrogens is 2. The Morgan fingerprint density at radius 2 is 1.96 bits per heavy atom. The Kier molecular flexibility index (Phi) is 4.88. The van der Waals surface area contributed by atoms with Crippen LogP contribution in [-0.2, 0) is 4.79 Å². The third kappa shape index (κ3) is 3.09. The maximum atomic E-state index is 12.4. The smallest absolute Gasteiger partial charge is 0.239 e. The van der Waals surface area contributed by atoms with Crippen molar-refractivity contribution in [3.8, 4) is 0 Å². The topological polar surface area (TPSA) is 46.1 Å². The Hall–Kier alpha value is -0.820. The molecule has 8 heteroatoms. The summed E-state index contributed by atoms with van der Waals surface area (Å²) in [7, 11) is 0. The van der Waals surface area contributed by atoms with Crippen LogP contribution < -0.4 is 4.90 Å². The number of rotatable bonds is 2. The minimum atomic E-state index is -0.307. The molecule has 0 aliphatic carbocycles. The quantitative estimate of drug-likeness (QED) is 0.673. The Labute approximate surface area is 156 Å². The standard InChI is InChI=1S/C15H12BrCl2N3OS/c1-7-3-11(20-8(2)14(7)16)21-12(22)6-23-15(21)13-9(17)4-19-5-10(13)18/h3-5,15H,6H2,1-2H3. The molecule has 0 aromatic carbocycles. The van der Waals surface area contributed by atoms with Gasteiger partial charge in [0.15, 0.2) is 0 Å². The van der Waals surface area contributed by atoms with Crippen molar-refractivity contribution in [1.82, 2.24) is 9.97 Å². The van der Waals surface area contributed by atoms with Crippen molar-refractivity contribution in [3.63, 3.8) is 0 Å². The second-order valence-corrected chi connectivity index (χ2v) is 7.82. The molecular weight excluding hydrogens is 421 g/mol. The molecule has 3 heterocycles. The van der Waals surface area contributed by atoms with E-state index in [0.29, 0.717) is 27.2 Å². The zero-order valence-corrected chi connectivity index (χ0v) is 16.2. The molecule has 0 N–H and O–H groups in total. The Balaban J connectivity index is 2.11. The Morgan fingerprint density at radius 3 is 2.57 bits per heavy atom. The first-order valence-electron chi connectivity index (χ1n) is 6.76. The summed E-state index contributed by atoms with van der Waals surface area (Å²) in [5.74, 6) is 0.944. The summed E-state index contributed by atoms with van der Waals surface area (Å²) in [6, 6.07) is 1.89. The molecule has 0 spiro atoms. The molecule has 1 atom stereocenters. The van der Waals surface area contributed by atoms with E-state index in [4.69, 9.17) is 23.2 Å². The average Bonchev–Trinajstić information content (AvgIpc) is 2.86. The number of hydrogen-bond donors (Lipinski definition) is 0. The monoisotopic (exact) mass is 431 g/mol. The number of carbonyl (C=O) groups excluding carboxylic acids is 1. The number of hydrogen-bond acceptors (Lipinski definition) is 4.